The highest BCUT2D eigenvalue weighted by atomic mass is 127. The van der Waals surface area contributed by atoms with Crippen LogP contribution in [-0.2, 0) is 6.54 Å². The zero-order valence-electron chi connectivity index (χ0n) is 16.9. The van der Waals surface area contributed by atoms with E-state index >= 15 is 0 Å². The van der Waals surface area contributed by atoms with Gasteiger partial charge in [-0.25, -0.2) is 4.99 Å². The minimum Gasteiger partial charge on any atom is -0.359 e. The van der Waals surface area contributed by atoms with Crippen LogP contribution < -0.4 is 10.6 Å². The van der Waals surface area contributed by atoms with Crippen molar-refractivity contribution < 1.29 is 4.52 Å². The summed E-state index contributed by atoms with van der Waals surface area (Å²) in [5, 5.41) is 10.8. The van der Waals surface area contributed by atoms with Gasteiger partial charge in [0.1, 0.15) is 6.54 Å². The lowest BCUT2D eigenvalue weighted by atomic mass is 9.92. The Morgan fingerprint density at radius 1 is 1.31 bits per heavy atom. The van der Waals surface area contributed by atoms with Crippen LogP contribution in [0.4, 0.5) is 0 Å². The van der Waals surface area contributed by atoms with Gasteiger partial charge in [0.15, 0.2) is 11.7 Å². The van der Waals surface area contributed by atoms with Gasteiger partial charge < -0.3 is 20.1 Å². The highest BCUT2D eigenvalue weighted by Crippen LogP contribution is 2.20. The van der Waals surface area contributed by atoms with Crippen LogP contribution in [0.3, 0.4) is 0 Å². The predicted molar refractivity (Wildman–Crippen MR) is 118 cm³/mol. The van der Waals surface area contributed by atoms with Gasteiger partial charge in [0, 0.05) is 38.8 Å². The second-order valence-electron chi connectivity index (χ2n) is 7.70. The van der Waals surface area contributed by atoms with Crippen LogP contribution in [0.5, 0.6) is 0 Å². The van der Waals surface area contributed by atoms with E-state index in [0.717, 1.165) is 48.9 Å². The summed E-state index contributed by atoms with van der Waals surface area (Å²) < 4.78 is 5.36. The Hall–Kier alpha value is -0.830. The molecule has 0 bridgehead atoms. The molecule has 2 N–H and O–H groups in total. The van der Waals surface area contributed by atoms with Crippen molar-refractivity contribution in [3.8, 4) is 0 Å². The number of halogens is 1. The average Bonchev–Trinajstić information content (AvgIpc) is 3.01. The summed E-state index contributed by atoms with van der Waals surface area (Å²) in [5.41, 5.74) is 0.983. The molecule has 7 heteroatoms. The maximum Gasteiger partial charge on any atom is 0.191 e. The van der Waals surface area contributed by atoms with E-state index in [1.807, 2.05) is 6.07 Å². The molecular formula is C19H36IN5O. The number of piperidine rings is 1. The Bertz CT molecular complexity index is 536. The van der Waals surface area contributed by atoms with Crippen molar-refractivity contribution in [1.29, 1.82) is 0 Å². The van der Waals surface area contributed by atoms with Crippen LogP contribution in [-0.4, -0.2) is 48.7 Å². The van der Waals surface area contributed by atoms with Crippen LogP contribution in [0, 0.1) is 11.8 Å². The number of nitrogens with one attached hydrogen (secondary N) is 2. The van der Waals surface area contributed by atoms with Crippen LogP contribution in [0.25, 0.3) is 0 Å². The molecule has 150 valence electrons. The molecule has 1 aliphatic heterocycles. The highest BCUT2D eigenvalue weighted by molar-refractivity contribution is 14.0. The smallest absolute Gasteiger partial charge is 0.191 e. The zero-order chi connectivity index (χ0) is 18.2. The van der Waals surface area contributed by atoms with E-state index < -0.39 is 0 Å². The molecule has 6 nitrogen and oxygen atoms in total. The molecule has 0 aliphatic carbocycles. The van der Waals surface area contributed by atoms with Gasteiger partial charge in [0.25, 0.3) is 0 Å². The summed E-state index contributed by atoms with van der Waals surface area (Å²) in [6, 6.07) is 1.99. The molecular weight excluding hydrogens is 441 g/mol. The first-order valence-electron chi connectivity index (χ1n) is 9.68. The molecule has 0 aromatic carbocycles. The fourth-order valence-corrected chi connectivity index (χ4v) is 3.48. The summed E-state index contributed by atoms with van der Waals surface area (Å²) >= 11 is 0. The molecule has 2 heterocycles. The highest BCUT2D eigenvalue weighted by Gasteiger charge is 2.21. The van der Waals surface area contributed by atoms with Gasteiger partial charge in [-0.15, -0.1) is 24.0 Å². The van der Waals surface area contributed by atoms with Crippen molar-refractivity contribution in [2.45, 2.75) is 53.5 Å². The van der Waals surface area contributed by atoms with Crippen molar-refractivity contribution >= 4 is 29.9 Å². The summed E-state index contributed by atoms with van der Waals surface area (Å²) in [7, 11) is 0. The summed E-state index contributed by atoms with van der Waals surface area (Å²) in [6.07, 6.45) is 1.35. The minimum atomic E-state index is 0. The second-order valence-corrected chi connectivity index (χ2v) is 7.70. The Morgan fingerprint density at radius 3 is 2.58 bits per heavy atom. The number of nitrogens with zero attached hydrogens (tertiary/aromatic N) is 3. The molecule has 1 aromatic rings. The lowest BCUT2D eigenvalue weighted by Crippen LogP contribution is -2.45. The minimum absolute atomic E-state index is 0. The first-order chi connectivity index (χ1) is 12.0. The fourth-order valence-electron chi connectivity index (χ4n) is 3.48. The monoisotopic (exact) mass is 477 g/mol. The molecule has 0 saturated carbocycles. The Balaban J connectivity index is 0.00000338. The van der Waals surface area contributed by atoms with E-state index in [4.69, 9.17) is 4.52 Å². The van der Waals surface area contributed by atoms with Crippen LogP contribution in [0.15, 0.2) is 15.6 Å². The molecule has 1 saturated heterocycles. The largest absolute Gasteiger partial charge is 0.359 e. The second kappa shape index (κ2) is 11.8. The van der Waals surface area contributed by atoms with E-state index in [1.165, 1.54) is 19.5 Å². The van der Waals surface area contributed by atoms with Crippen LogP contribution in [0.1, 0.15) is 58.4 Å². The van der Waals surface area contributed by atoms with Gasteiger partial charge in [-0.2, -0.15) is 0 Å². The SMILES string of the molecule is CCNC(=NCc1cc(C(C)C)no1)NCCN1CC(C)CC(C)C1.I. The van der Waals surface area contributed by atoms with Crippen molar-refractivity contribution in [3.63, 3.8) is 0 Å². The van der Waals surface area contributed by atoms with E-state index in [-0.39, 0.29) is 24.0 Å². The quantitative estimate of drug-likeness (QED) is 0.358. The van der Waals surface area contributed by atoms with E-state index in [9.17, 15) is 0 Å². The van der Waals surface area contributed by atoms with E-state index in [1.54, 1.807) is 0 Å². The first-order valence-corrected chi connectivity index (χ1v) is 9.68. The zero-order valence-corrected chi connectivity index (χ0v) is 19.2. The van der Waals surface area contributed by atoms with E-state index in [0.29, 0.717) is 12.5 Å². The third-order valence-electron chi connectivity index (χ3n) is 4.57. The summed E-state index contributed by atoms with van der Waals surface area (Å²) in [6.45, 7) is 16.7. The van der Waals surface area contributed by atoms with Gasteiger partial charge in [-0.3, -0.25) is 0 Å². The number of aromatic nitrogens is 1. The lowest BCUT2D eigenvalue weighted by molar-refractivity contribution is 0.143. The molecule has 0 spiro atoms. The van der Waals surface area contributed by atoms with Crippen molar-refractivity contribution in [3.05, 3.63) is 17.5 Å². The number of aliphatic imine (C=N–C) groups is 1. The normalized spacial score (nSPS) is 21.5. The lowest BCUT2D eigenvalue weighted by Gasteiger charge is -2.35. The Labute approximate surface area is 175 Å². The fraction of sp³-hybridized carbons (Fsp3) is 0.789. The van der Waals surface area contributed by atoms with Gasteiger partial charge in [0.05, 0.1) is 5.69 Å². The first kappa shape index (κ1) is 23.2. The standard InChI is InChI=1S/C19H35N5O.HI/c1-6-20-19(22-11-17-10-18(14(2)3)23-25-17)21-7-8-24-12-15(4)9-16(5)13-24;/h10,14-16H,6-9,11-13H2,1-5H3,(H2,20,21,22);1H. The number of hydrogen-bond donors (Lipinski definition) is 2. The molecule has 0 radical (unpaired) electrons. The summed E-state index contributed by atoms with van der Waals surface area (Å²) in [4.78, 5) is 7.17. The van der Waals surface area contributed by atoms with Crippen molar-refractivity contribution in [1.82, 2.24) is 20.7 Å². The Kier molecular flexibility index (Phi) is 10.5. The molecule has 1 fully saturated rings. The third-order valence-corrected chi connectivity index (χ3v) is 4.57. The topological polar surface area (TPSA) is 65.7 Å². The van der Waals surface area contributed by atoms with Crippen LogP contribution >= 0.6 is 24.0 Å². The molecule has 2 unspecified atom stereocenters. The Morgan fingerprint density at radius 2 is 2.00 bits per heavy atom. The van der Waals surface area contributed by atoms with Gasteiger partial charge in [-0.1, -0.05) is 32.9 Å². The maximum absolute atomic E-state index is 5.36. The van der Waals surface area contributed by atoms with Gasteiger partial charge in [0.2, 0.25) is 0 Å². The summed E-state index contributed by atoms with van der Waals surface area (Å²) in [5.74, 6) is 3.62. The molecule has 26 heavy (non-hydrogen) atoms. The predicted octanol–water partition coefficient (Wildman–Crippen LogP) is 3.45. The molecule has 0 amide bonds. The molecule has 2 rings (SSSR count). The van der Waals surface area contributed by atoms with Crippen molar-refractivity contribution in [2.75, 3.05) is 32.7 Å². The molecule has 2 atom stereocenters. The maximum atomic E-state index is 5.36. The van der Waals surface area contributed by atoms with Gasteiger partial charge in [-0.05, 0) is 31.1 Å². The van der Waals surface area contributed by atoms with Crippen molar-refractivity contribution in [2.24, 2.45) is 16.8 Å². The van der Waals surface area contributed by atoms with Crippen LogP contribution in [0.2, 0.25) is 0 Å². The number of guanidine groups is 1. The molecule has 1 aromatic heterocycles. The third kappa shape index (κ3) is 7.82. The number of hydrogen-bond acceptors (Lipinski definition) is 4. The van der Waals surface area contributed by atoms with Gasteiger partial charge >= 0.3 is 0 Å². The van der Waals surface area contributed by atoms with E-state index in [2.05, 4.69) is 60.3 Å². The number of likely N-dealkylation sites (tertiary alicyclic amines) is 1. The average molecular weight is 477 g/mol. The number of rotatable bonds is 7. The molecule has 1 aliphatic rings.